The van der Waals surface area contributed by atoms with Crippen LogP contribution in [0.4, 0.5) is 0 Å². The van der Waals surface area contributed by atoms with E-state index in [1.165, 1.54) is 0 Å². The van der Waals surface area contributed by atoms with E-state index < -0.39 is 30.6 Å². The van der Waals surface area contributed by atoms with Crippen molar-refractivity contribution in [2.75, 3.05) is 6.61 Å². The monoisotopic (exact) mass is 177 g/mol. The lowest BCUT2D eigenvalue weighted by Gasteiger charge is -2.22. The van der Waals surface area contributed by atoms with Crippen LogP contribution in [0.1, 0.15) is 13.3 Å². The van der Waals surface area contributed by atoms with Crippen LogP contribution in [0, 0.1) is 5.92 Å². The largest absolute Gasteiger partial charge is 0.480 e. The molecule has 0 aromatic rings. The van der Waals surface area contributed by atoms with E-state index in [-0.39, 0.29) is 0 Å². The SMILES string of the molecule is CC[C@@H]([C@H](O)CO)[C@H](N)C(=O)O. The zero-order chi connectivity index (χ0) is 9.72. The molecule has 5 nitrogen and oxygen atoms in total. The third kappa shape index (κ3) is 2.77. The molecule has 0 bridgehead atoms. The second-order valence-electron chi connectivity index (χ2n) is 2.69. The molecular weight excluding hydrogens is 162 g/mol. The van der Waals surface area contributed by atoms with Crippen LogP contribution in [0.2, 0.25) is 0 Å². The molecule has 0 amide bonds. The van der Waals surface area contributed by atoms with Crippen molar-refractivity contribution < 1.29 is 20.1 Å². The Labute approximate surface area is 70.8 Å². The van der Waals surface area contributed by atoms with Crippen molar-refractivity contribution in [3.63, 3.8) is 0 Å². The second-order valence-corrected chi connectivity index (χ2v) is 2.69. The van der Waals surface area contributed by atoms with Gasteiger partial charge in [0.05, 0.1) is 12.7 Å². The van der Waals surface area contributed by atoms with Crippen molar-refractivity contribution in [2.45, 2.75) is 25.5 Å². The standard InChI is InChI=1S/C7H15NO4/c1-2-4(5(10)3-9)6(8)7(11)12/h4-6,9-10H,2-3,8H2,1H3,(H,11,12)/t4-,5+,6-/m0/s1. The molecule has 0 aromatic carbocycles. The highest BCUT2D eigenvalue weighted by Crippen LogP contribution is 2.12. The predicted octanol–water partition coefficient (Wildman–Crippen LogP) is -1.22. The summed E-state index contributed by atoms with van der Waals surface area (Å²) in [6, 6.07) is -1.11. The van der Waals surface area contributed by atoms with Gasteiger partial charge in [-0.1, -0.05) is 6.92 Å². The van der Waals surface area contributed by atoms with Crippen LogP contribution >= 0.6 is 0 Å². The Morgan fingerprint density at radius 1 is 1.58 bits per heavy atom. The first kappa shape index (κ1) is 11.4. The molecule has 72 valence electrons. The highest BCUT2D eigenvalue weighted by Gasteiger charge is 2.28. The van der Waals surface area contributed by atoms with E-state index in [1.54, 1.807) is 6.92 Å². The second kappa shape index (κ2) is 5.08. The molecule has 0 aliphatic rings. The van der Waals surface area contributed by atoms with Gasteiger partial charge in [-0.3, -0.25) is 4.79 Å². The summed E-state index contributed by atoms with van der Waals surface area (Å²) in [5.41, 5.74) is 5.28. The third-order valence-corrected chi connectivity index (χ3v) is 1.90. The number of aliphatic carboxylic acids is 1. The molecule has 0 aliphatic carbocycles. The van der Waals surface area contributed by atoms with Gasteiger partial charge in [-0.15, -0.1) is 0 Å². The summed E-state index contributed by atoms with van der Waals surface area (Å²) in [5, 5.41) is 26.2. The molecule has 5 heteroatoms. The molecule has 3 atom stereocenters. The molecule has 0 aromatic heterocycles. The molecule has 12 heavy (non-hydrogen) atoms. The molecule has 0 saturated heterocycles. The number of carboxylic acids is 1. The zero-order valence-electron chi connectivity index (χ0n) is 6.97. The lowest BCUT2D eigenvalue weighted by atomic mass is 9.92. The number of hydrogen-bond donors (Lipinski definition) is 4. The van der Waals surface area contributed by atoms with E-state index in [0.29, 0.717) is 6.42 Å². The summed E-state index contributed by atoms with van der Waals surface area (Å²) in [7, 11) is 0. The number of nitrogens with two attached hydrogens (primary N) is 1. The Kier molecular flexibility index (Phi) is 4.80. The third-order valence-electron chi connectivity index (χ3n) is 1.90. The average molecular weight is 177 g/mol. The number of rotatable bonds is 5. The van der Waals surface area contributed by atoms with Gasteiger partial charge >= 0.3 is 5.97 Å². The van der Waals surface area contributed by atoms with Crippen molar-refractivity contribution >= 4 is 5.97 Å². The average Bonchev–Trinajstić information content (AvgIpc) is 2.05. The van der Waals surface area contributed by atoms with E-state index in [0.717, 1.165) is 0 Å². The van der Waals surface area contributed by atoms with Crippen molar-refractivity contribution in [3.05, 3.63) is 0 Å². The maximum absolute atomic E-state index is 10.4. The van der Waals surface area contributed by atoms with E-state index in [1.807, 2.05) is 0 Å². The number of aliphatic hydroxyl groups excluding tert-OH is 2. The van der Waals surface area contributed by atoms with Gasteiger partial charge in [0.2, 0.25) is 0 Å². The van der Waals surface area contributed by atoms with Crippen LogP contribution in [0.3, 0.4) is 0 Å². The first-order chi connectivity index (χ1) is 5.54. The smallest absolute Gasteiger partial charge is 0.320 e. The molecule has 0 unspecified atom stereocenters. The normalized spacial score (nSPS) is 18.3. The van der Waals surface area contributed by atoms with E-state index in [4.69, 9.17) is 21.1 Å². The van der Waals surface area contributed by atoms with Gasteiger partial charge in [0.15, 0.2) is 0 Å². The number of hydrogen-bond acceptors (Lipinski definition) is 4. The minimum Gasteiger partial charge on any atom is -0.480 e. The molecule has 0 rings (SSSR count). The summed E-state index contributed by atoms with van der Waals surface area (Å²) in [5.74, 6) is -1.75. The first-order valence-corrected chi connectivity index (χ1v) is 3.81. The van der Waals surface area contributed by atoms with E-state index in [2.05, 4.69) is 0 Å². The fraction of sp³-hybridized carbons (Fsp3) is 0.857. The van der Waals surface area contributed by atoms with Gasteiger partial charge in [0, 0.05) is 5.92 Å². The molecule has 0 fully saturated rings. The van der Waals surface area contributed by atoms with Gasteiger partial charge in [-0.05, 0) is 6.42 Å². The maximum Gasteiger partial charge on any atom is 0.320 e. The minimum absolute atomic E-state index is 0.426. The van der Waals surface area contributed by atoms with Crippen molar-refractivity contribution in [1.29, 1.82) is 0 Å². The molecule has 5 N–H and O–H groups in total. The summed E-state index contributed by atoms with van der Waals surface area (Å²) in [6.45, 7) is 1.26. The Balaban J connectivity index is 4.23. The van der Waals surface area contributed by atoms with Gasteiger partial charge in [-0.25, -0.2) is 0 Å². The Bertz CT molecular complexity index is 150. The fourth-order valence-electron chi connectivity index (χ4n) is 1.08. The van der Waals surface area contributed by atoms with Crippen molar-refractivity contribution in [3.8, 4) is 0 Å². The highest BCUT2D eigenvalue weighted by atomic mass is 16.4. The van der Waals surface area contributed by atoms with Gasteiger partial charge < -0.3 is 21.1 Å². The van der Waals surface area contributed by atoms with Crippen LogP contribution in [0.15, 0.2) is 0 Å². The molecule has 0 spiro atoms. The summed E-state index contributed by atoms with van der Waals surface area (Å²) in [4.78, 5) is 10.4. The molecule has 0 aliphatic heterocycles. The molecule has 0 saturated carbocycles. The van der Waals surface area contributed by atoms with Gasteiger partial charge in [-0.2, -0.15) is 0 Å². The Morgan fingerprint density at radius 2 is 2.08 bits per heavy atom. The van der Waals surface area contributed by atoms with Crippen LogP contribution in [0.25, 0.3) is 0 Å². The van der Waals surface area contributed by atoms with E-state index >= 15 is 0 Å². The maximum atomic E-state index is 10.4. The number of carbonyl (C=O) groups is 1. The zero-order valence-corrected chi connectivity index (χ0v) is 6.97. The van der Waals surface area contributed by atoms with Crippen LogP contribution in [-0.4, -0.2) is 40.0 Å². The quantitative estimate of drug-likeness (QED) is 0.421. The van der Waals surface area contributed by atoms with Gasteiger partial charge in [0.1, 0.15) is 6.04 Å². The number of carboxylic acid groups (broad SMARTS) is 1. The number of aliphatic hydroxyl groups is 2. The Morgan fingerprint density at radius 3 is 2.33 bits per heavy atom. The molecule has 0 radical (unpaired) electrons. The van der Waals surface area contributed by atoms with Gasteiger partial charge in [0.25, 0.3) is 0 Å². The summed E-state index contributed by atoms with van der Waals surface area (Å²) < 4.78 is 0. The van der Waals surface area contributed by atoms with Crippen LogP contribution < -0.4 is 5.73 Å². The lowest BCUT2D eigenvalue weighted by molar-refractivity contribution is -0.141. The van der Waals surface area contributed by atoms with E-state index in [9.17, 15) is 4.79 Å². The molecule has 0 heterocycles. The van der Waals surface area contributed by atoms with Crippen LogP contribution in [0.5, 0.6) is 0 Å². The molecular formula is C7H15NO4. The highest BCUT2D eigenvalue weighted by molar-refractivity contribution is 5.73. The lowest BCUT2D eigenvalue weighted by Crippen LogP contribution is -2.44. The summed E-state index contributed by atoms with van der Waals surface area (Å²) >= 11 is 0. The first-order valence-electron chi connectivity index (χ1n) is 3.81. The minimum atomic E-state index is -1.16. The topological polar surface area (TPSA) is 104 Å². The Hall–Kier alpha value is -0.650. The van der Waals surface area contributed by atoms with Crippen molar-refractivity contribution in [2.24, 2.45) is 11.7 Å². The fourth-order valence-corrected chi connectivity index (χ4v) is 1.08. The predicted molar refractivity (Wildman–Crippen MR) is 42.5 cm³/mol. The van der Waals surface area contributed by atoms with Crippen molar-refractivity contribution in [1.82, 2.24) is 0 Å². The summed E-state index contributed by atoms with van der Waals surface area (Å²) in [6.07, 6.45) is -0.629. The van der Waals surface area contributed by atoms with Crippen LogP contribution in [-0.2, 0) is 4.79 Å².